The monoisotopic (exact) mass is 196 g/mol. The summed E-state index contributed by atoms with van der Waals surface area (Å²) in [6.07, 6.45) is 3.23. The van der Waals surface area contributed by atoms with Crippen LogP contribution < -0.4 is 0 Å². The fourth-order valence-corrected chi connectivity index (χ4v) is 1.17. The van der Waals surface area contributed by atoms with E-state index in [0.29, 0.717) is 18.0 Å². The molecule has 78 valence electrons. The number of nitrogens with zero attached hydrogens (tertiary/aromatic N) is 2. The Kier molecular flexibility index (Phi) is 3.55. The highest BCUT2D eigenvalue weighted by molar-refractivity contribution is 5.07. The maximum absolute atomic E-state index is 8.82. The van der Waals surface area contributed by atoms with Gasteiger partial charge in [-0.2, -0.15) is 0 Å². The summed E-state index contributed by atoms with van der Waals surface area (Å²) < 4.78 is 5.50. The summed E-state index contributed by atoms with van der Waals surface area (Å²) in [5, 5.41) is 8.82. The van der Waals surface area contributed by atoms with Gasteiger partial charge >= 0.3 is 0 Å². The van der Waals surface area contributed by atoms with Crippen LogP contribution >= 0.6 is 0 Å². The fraction of sp³-hybridized carbons (Fsp3) is 0.600. The molecule has 0 atom stereocenters. The van der Waals surface area contributed by atoms with Crippen LogP contribution in [0.1, 0.15) is 32.2 Å². The lowest BCUT2D eigenvalue weighted by atomic mass is 10.1. The first-order valence-electron chi connectivity index (χ1n) is 4.66. The van der Waals surface area contributed by atoms with Crippen molar-refractivity contribution >= 4 is 0 Å². The first-order valence-corrected chi connectivity index (χ1v) is 4.66. The highest BCUT2D eigenvalue weighted by Gasteiger charge is 2.23. The van der Waals surface area contributed by atoms with Gasteiger partial charge in [-0.25, -0.2) is 9.97 Å². The first kappa shape index (κ1) is 11.1. The highest BCUT2D eigenvalue weighted by Crippen LogP contribution is 2.20. The van der Waals surface area contributed by atoms with Gasteiger partial charge in [0.2, 0.25) is 0 Å². The smallest absolute Gasteiger partial charge is 0.159 e. The maximum Gasteiger partial charge on any atom is 0.159 e. The van der Waals surface area contributed by atoms with Crippen LogP contribution in [-0.4, -0.2) is 21.7 Å². The number of hydrogen-bond acceptors (Lipinski definition) is 4. The average Bonchev–Trinajstić information content (AvgIpc) is 2.18. The highest BCUT2D eigenvalue weighted by atomic mass is 16.5. The molecule has 0 saturated carbocycles. The summed E-state index contributed by atoms with van der Waals surface area (Å²) in [7, 11) is 0. The number of rotatable bonds is 4. The van der Waals surface area contributed by atoms with E-state index < -0.39 is 5.60 Å². The second kappa shape index (κ2) is 4.48. The van der Waals surface area contributed by atoms with Gasteiger partial charge in [0.05, 0.1) is 6.61 Å². The van der Waals surface area contributed by atoms with Crippen LogP contribution in [0.3, 0.4) is 0 Å². The molecule has 1 aromatic rings. The summed E-state index contributed by atoms with van der Waals surface area (Å²) in [4.78, 5) is 8.29. The third-order valence-electron chi connectivity index (χ3n) is 1.93. The van der Waals surface area contributed by atoms with E-state index >= 15 is 0 Å². The van der Waals surface area contributed by atoms with Crippen molar-refractivity contribution in [3.8, 4) is 0 Å². The maximum atomic E-state index is 8.82. The standard InChI is InChI=1S/C10H16N2O2/c1-4-14-10(2,3)9-11-5-8(7-13)6-12-9/h5-6,13H,4,7H2,1-3H3. The Balaban J connectivity index is 2.85. The van der Waals surface area contributed by atoms with Crippen molar-refractivity contribution in [2.45, 2.75) is 33.0 Å². The molecule has 1 aromatic heterocycles. The molecule has 0 unspecified atom stereocenters. The largest absolute Gasteiger partial charge is 0.392 e. The minimum atomic E-state index is -0.470. The molecule has 0 spiro atoms. The Morgan fingerprint density at radius 3 is 2.36 bits per heavy atom. The average molecular weight is 196 g/mol. The number of aliphatic hydroxyl groups excluding tert-OH is 1. The van der Waals surface area contributed by atoms with Crippen LogP contribution in [0.25, 0.3) is 0 Å². The number of aromatic nitrogens is 2. The Morgan fingerprint density at radius 1 is 1.36 bits per heavy atom. The SMILES string of the molecule is CCOC(C)(C)c1ncc(CO)cn1. The molecular formula is C10H16N2O2. The van der Waals surface area contributed by atoms with Gasteiger partial charge in [0.25, 0.3) is 0 Å². The van der Waals surface area contributed by atoms with Gasteiger partial charge in [-0.3, -0.25) is 0 Å². The second-order valence-electron chi connectivity index (χ2n) is 3.52. The van der Waals surface area contributed by atoms with E-state index in [4.69, 9.17) is 9.84 Å². The van der Waals surface area contributed by atoms with E-state index in [1.807, 2.05) is 20.8 Å². The Bertz CT molecular complexity index is 283. The van der Waals surface area contributed by atoms with Gasteiger partial charge in [0, 0.05) is 24.6 Å². The zero-order valence-corrected chi connectivity index (χ0v) is 8.82. The van der Waals surface area contributed by atoms with Crippen molar-refractivity contribution in [1.82, 2.24) is 9.97 Å². The summed E-state index contributed by atoms with van der Waals surface area (Å²) in [5.74, 6) is 0.636. The van der Waals surface area contributed by atoms with Crippen molar-refractivity contribution in [3.05, 3.63) is 23.8 Å². The third-order valence-corrected chi connectivity index (χ3v) is 1.93. The molecule has 4 nitrogen and oxygen atoms in total. The Hall–Kier alpha value is -1.00. The predicted molar refractivity (Wildman–Crippen MR) is 52.6 cm³/mol. The molecular weight excluding hydrogens is 180 g/mol. The summed E-state index contributed by atoms with van der Waals surface area (Å²) >= 11 is 0. The molecule has 0 amide bonds. The van der Waals surface area contributed by atoms with Crippen molar-refractivity contribution in [1.29, 1.82) is 0 Å². The lowest BCUT2D eigenvalue weighted by Crippen LogP contribution is -2.24. The first-order chi connectivity index (χ1) is 6.60. The number of aliphatic hydroxyl groups is 1. The normalized spacial score (nSPS) is 11.7. The minimum absolute atomic E-state index is 0.0324. The Labute approximate surface area is 84.0 Å². The van der Waals surface area contributed by atoms with E-state index in [0.717, 1.165) is 0 Å². The second-order valence-corrected chi connectivity index (χ2v) is 3.52. The van der Waals surface area contributed by atoms with Crippen molar-refractivity contribution < 1.29 is 9.84 Å². The van der Waals surface area contributed by atoms with Gasteiger partial charge in [0.15, 0.2) is 5.82 Å². The molecule has 0 aliphatic rings. The minimum Gasteiger partial charge on any atom is -0.392 e. The summed E-state index contributed by atoms with van der Waals surface area (Å²) in [6.45, 7) is 6.37. The molecule has 0 bridgehead atoms. The van der Waals surface area contributed by atoms with Crippen molar-refractivity contribution in [2.24, 2.45) is 0 Å². The lowest BCUT2D eigenvalue weighted by molar-refractivity contribution is -0.0209. The molecule has 0 aliphatic heterocycles. The van der Waals surface area contributed by atoms with Crippen LogP contribution in [0.2, 0.25) is 0 Å². The Morgan fingerprint density at radius 2 is 1.93 bits per heavy atom. The van der Waals surface area contributed by atoms with Crippen LogP contribution in [0.15, 0.2) is 12.4 Å². The van der Waals surface area contributed by atoms with Gasteiger partial charge in [-0.15, -0.1) is 0 Å². The molecule has 0 saturated heterocycles. The van der Waals surface area contributed by atoms with E-state index in [9.17, 15) is 0 Å². The zero-order chi connectivity index (χ0) is 10.6. The van der Waals surface area contributed by atoms with Crippen molar-refractivity contribution in [2.75, 3.05) is 6.61 Å². The number of ether oxygens (including phenoxy) is 1. The van der Waals surface area contributed by atoms with E-state index in [2.05, 4.69) is 9.97 Å². The van der Waals surface area contributed by atoms with E-state index in [1.54, 1.807) is 12.4 Å². The van der Waals surface area contributed by atoms with E-state index in [-0.39, 0.29) is 6.61 Å². The zero-order valence-electron chi connectivity index (χ0n) is 8.82. The van der Waals surface area contributed by atoms with Gasteiger partial charge in [0.1, 0.15) is 5.60 Å². The lowest BCUT2D eigenvalue weighted by Gasteiger charge is -2.22. The molecule has 1 rings (SSSR count). The van der Waals surface area contributed by atoms with Crippen LogP contribution in [-0.2, 0) is 16.9 Å². The molecule has 1 heterocycles. The molecule has 14 heavy (non-hydrogen) atoms. The summed E-state index contributed by atoms with van der Waals surface area (Å²) in [6, 6.07) is 0. The van der Waals surface area contributed by atoms with Crippen molar-refractivity contribution in [3.63, 3.8) is 0 Å². The number of hydrogen-bond donors (Lipinski definition) is 1. The fourth-order valence-electron chi connectivity index (χ4n) is 1.17. The molecule has 4 heteroatoms. The van der Waals surface area contributed by atoms with Crippen LogP contribution in [0.5, 0.6) is 0 Å². The van der Waals surface area contributed by atoms with Crippen LogP contribution in [0, 0.1) is 0 Å². The predicted octanol–water partition coefficient (Wildman–Crippen LogP) is 1.24. The molecule has 0 fully saturated rings. The van der Waals surface area contributed by atoms with Crippen LogP contribution in [0.4, 0.5) is 0 Å². The third kappa shape index (κ3) is 2.49. The quantitative estimate of drug-likeness (QED) is 0.787. The molecule has 0 radical (unpaired) electrons. The molecule has 0 aliphatic carbocycles. The van der Waals surface area contributed by atoms with Gasteiger partial charge < -0.3 is 9.84 Å². The van der Waals surface area contributed by atoms with E-state index in [1.165, 1.54) is 0 Å². The van der Waals surface area contributed by atoms with Gasteiger partial charge in [-0.05, 0) is 20.8 Å². The summed E-state index contributed by atoms with van der Waals surface area (Å²) in [5.41, 5.74) is 0.240. The topological polar surface area (TPSA) is 55.2 Å². The van der Waals surface area contributed by atoms with Gasteiger partial charge in [-0.1, -0.05) is 0 Å². The molecule has 1 N–H and O–H groups in total. The molecule has 0 aromatic carbocycles.